The van der Waals surface area contributed by atoms with E-state index in [1.54, 1.807) is 6.92 Å². The summed E-state index contributed by atoms with van der Waals surface area (Å²) >= 11 is 0. The average Bonchev–Trinajstić information content (AvgIpc) is 2.42. The Morgan fingerprint density at radius 1 is 1.42 bits per heavy atom. The third-order valence-electron chi connectivity index (χ3n) is 3.12. The number of piperazine rings is 1. The first kappa shape index (κ1) is 8.05. The fourth-order valence-electron chi connectivity index (χ4n) is 2.36. The molecule has 2 aliphatic heterocycles. The van der Waals surface area contributed by atoms with E-state index in [4.69, 9.17) is 0 Å². The normalized spacial score (nSPS) is 40.2. The molecule has 2 aliphatic rings. The molecule has 0 aliphatic carbocycles. The molecule has 0 spiro atoms. The van der Waals surface area contributed by atoms with E-state index in [-0.39, 0.29) is 5.91 Å². The Hall–Kier alpha value is -0.570. The zero-order valence-electron chi connectivity index (χ0n) is 7.79. The van der Waals surface area contributed by atoms with Gasteiger partial charge in [0.1, 0.15) is 0 Å². The molecule has 0 aromatic carbocycles. The van der Waals surface area contributed by atoms with E-state index in [0.717, 1.165) is 13.1 Å². The van der Waals surface area contributed by atoms with Gasteiger partial charge in [0.25, 0.3) is 0 Å². The molecule has 1 amide bonds. The first-order valence-electron chi connectivity index (χ1n) is 4.69. The van der Waals surface area contributed by atoms with Gasteiger partial charge in [0.05, 0.1) is 0 Å². The number of carbonyl (C=O) groups excluding carboxylic acids is 1. The van der Waals surface area contributed by atoms with E-state index in [0.29, 0.717) is 12.1 Å². The Kier molecular flexibility index (Phi) is 1.83. The Balaban J connectivity index is 2.12. The molecule has 0 aromatic heterocycles. The number of hydrogen-bond donors (Lipinski definition) is 0. The largest absolute Gasteiger partial charge is 0.337 e. The van der Waals surface area contributed by atoms with Crippen LogP contribution in [0.3, 0.4) is 0 Å². The average molecular weight is 168 g/mol. The van der Waals surface area contributed by atoms with Crippen LogP contribution in [-0.2, 0) is 4.79 Å². The number of fused-ring (bicyclic) bond motifs is 2. The summed E-state index contributed by atoms with van der Waals surface area (Å²) in [4.78, 5) is 15.8. The van der Waals surface area contributed by atoms with Gasteiger partial charge in [-0.1, -0.05) is 0 Å². The molecule has 2 saturated heterocycles. The fraction of sp³-hybridized carbons (Fsp3) is 0.889. The molecule has 0 N–H and O–H groups in total. The van der Waals surface area contributed by atoms with Crippen LogP contribution in [0.4, 0.5) is 0 Å². The second kappa shape index (κ2) is 2.73. The molecular formula is C9H16N2O. The maximum atomic E-state index is 11.2. The van der Waals surface area contributed by atoms with E-state index < -0.39 is 0 Å². The number of nitrogens with zero attached hydrogens (tertiary/aromatic N) is 2. The summed E-state index contributed by atoms with van der Waals surface area (Å²) in [6, 6.07) is 1.08. The SMILES string of the molecule is CC(=O)N1CC(C)N2CCC1C2. The quantitative estimate of drug-likeness (QED) is 0.520. The first-order valence-corrected chi connectivity index (χ1v) is 4.69. The maximum Gasteiger partial charge on any atom is 0.219 e. The van der Waals surface area contributed by atoms with Gasteiger partial charge in [0.2, 0.25) is 5.91 Å². The minimum atomic E-state index is 0.244. The zero-order chi connectivity index (χ0) is 8.72. The van der Waals surface area contributed by atoms with Crippen molar-refractivity contribution in [1.82, 2.24) is 9.80 Å². The minimum absolute atomic E-state index is 0.244. The van der Waals surface area contributed by atoms with Gasteiger partial charge >= 0.3 is 0 Å². The van der Waals surface area contributed by atoms with Crippen molar-refractivity contribution in [2.45, 2.75) is 32.4 Å². The minimum Gasteiger partial charge on any atom is -0.337 e. The Labute approximate surface area is 73.3 Å². The van der Waals surface area contributed by atoms with Gasteiger partial charge in [-0.2, -0.15) is 0 Å². The second-order valence-corrected chi connectivity index (χ2v) is 3.96. The molecule has 3 atom stereocenters. The summed E-state index contributed by atoms with van der Waals surface area (Å²) in [5.41, 5.74) is 0. The van der Waals surface area contributed by atoms with Gasteiger partial charge < -0.3 is 4.90 Å². The van der Waals surface area contributed by atoms with Gasteiger partial charge in [-0.05, 0) is 13.3 Å². The molecule has 12 heavy (non-hydrogen) atoms. The zero-order valence-corrected chi connectivity index (χ0v) is 7.79. The summed E-state index contributed by atoms with van der Waals surface area (Å²) < 4.78 is 0. The van der Waals surface area contributed by atoms with Crippen LogP contribution in [0.15, 0.2) is 0 Å². The van der Waals surface area contributed by atoms with Crippen LogP contribution in [0.25, 0.3) is 0 Å². The van der Waals surface area contributed by atoms with Gasteiger partial charge in [0, 0.05) is 38.6 Å². The van der Waals surface area contributed by atoms with Crippen LogP contribution in [0, 0.1) is 0 Å². The number of hydrogen-bond acceptors (Lipinski definition) is 2. The predicted molar refractivity (Wildman–Crippen MR) is 46.8 cm³/mol. The van der Waals surface area contributed by atoms with Gasteiger partial charge in [0.15, 0.2) is 0 Å². The molecule has 0 aromatic rings. The molecule has 68 valence electrons. The number of amides is 1. The smallest absolute Gasteiger partial charge is 0.219 e. The summed E-state index contributed by atoms with van der Waals surface area (Å²) in [5.74, 6) is 0.244. The first-order chi connectivity index (χ1) is 5.68. The van der Waals surface area contributed by atoms with Crippen molar-refractivity contribution in [3.8, 4) is 0 Å². The van der Waals surface area contributed by atoms with Gasteiger partial charge in [-0.15, -0.1) is 0 Å². The molecule has 2 heterocycles. The van der Waals surface area contributed by atoms with Gasteiger partial charge in [-0.3, -0.25) is 9.69 Å². The lowest BCUT2D eigenvalue weighted by molar-refractivity contribution is -0.133. The molecule has 3 heteroatoms. The second-order valence-electron chi connectivity index (χ2n) is 3.96. The van der Waals surface area contributed by atoms with Crippen molar-refractivity contribution in [2.24, 2.45) is 0 Å². The lowest BCUT2D eigenvalue weighted by atomic mass is 10.1. The highest BCUT2D eigenvalue weighted by Gasteiger charge is 2.37. The number of carbonyl (C=O) groups is 1. The molecule has 3 nitrogen and oxygen atoms in total. The molecular weight excluding hydrogens is 152 g/mol. The Morgan fingerprint density at radius 3 is 2.83 bits per heavy atom. The highest BCUT2D eigenvalue weighted by molar-refractivity contribution is 5.73. The standard InChI is InChI=1S/C9H16N2O/c1-7-5-11(8(2)12)9-3-4-10(7)6-9/h7,9H,3-6H2,1-2H3. The van der Waals surface area contributed by atoms with Crippen molar-refractivity contribution < 1.29 is 4.79 Å². The van der Waals surface area contributed by atoms with Crippen LogP contribution in [0.5, 0.6) is 0 Å². The monoisotopic (exact) mass is 168 g/mol. The molecule has 2 bridgehead atoms. The lowest BCUT2D eigenvalue weighted by Gasteiger charge is -2.38. The van der Waals surface area contributed by atoms with Crippen LogP contribution in [0.2, 0.25) is 0 Å². The van der Waals surface area contributed by atoms with Crippen LogP contribution < -0.4 is 0 Å². The Morgan fingerprint density at radius 2 is 2.17 bits per heavy atom. The topological polar surface area (TPSA) is 23.6 Å². The van der Waals surface area contributed by atoms with Crippen LogP contribution >= 0.6 is 0 Å². The van der Waals surface area contributed by atoms with Crippen molar-refractivity contribution in [3.63, 3.8) is 0 Å². The van der Waals surface area contributed by atoms with E-state index in [2.05, 4.69) is 11.8 Å². The summed E-state index contributed by atoms with van der Waals surface area (Å²) in [6.45, 7) is 7.09. The maximum absolute atomic E-state index is 11.2. The molecule has 2 rings (SSSR count). The predicted octanol–water partition coefficient (Wildman–Crippen LogP) is 0.311. The third kappa shape index (κ3) is 1.12. The van der Waals surface area contributed by atoms with Crippen molar-refractivity contribution in [1.29, 1.82) is 0 Å². The van der Waals surface area contributed by atoms with E-state index >= 15 is 0 Å². The molecule has 3 unspecified atom stereocenters. The number of rotatable bonds is 0. The van der Waals surface area contributed by atoms with Crippen LogP contribution in [0.1, 0.15) is 20.3 Å². The molecule has 0 radical (unpaired) electrons. The molecule has 0 saturated carbocycles. The summed E-state index contributed by atoms with van der Waals surface area (Å²) in [6.07, 6.45) is 1.17. The fourth-order valence-corrected chi connectivity index (χ4v) is 2.36. The van der Waals surface area contributed by atoms with Crippen molar-refractivity contribution in [2.75, 3.05) is 19.6 Å². The highest BCUT2D eigenvalue weighted by Crippen LogP contribution is 2.24. The van der Waals surface area contributed by atoms with Crippen molar-refractivity contribution >= 4 is 5.91 Å². The lowest BCUT2D eigenvalue weighted by Crippen LogP contribution is -2.52. The van der Waals surface area contributed by atoms with Crippen LogP contribution in [-0.4, -0.2) is 47.4 Å². The van der Waals surface area contributed by atoms with Gasteiger partial charge in [-0.25, -0.2) is 0 Å². The Bertz CT molecular complexity index is 205. The third-order valence-corrected chi connectivity index (χ3v) is 3.12. The summed E-state index contributed by atoms with van der Waals surface area (Å²) in [5, 5.41) is 0. The van der Waals surface area contributed by atoms with E-state index in [9.17, 15) is 4.79 Å². The van der Waals surface area contributed by atoms with Crippen molar-refractivity contribution in [3.05, 3.63) is 0 Å². The molecule has 2 fully saturated rings. The van der Waals surface area contributed by atoms with E-state index in [1.165, 1.54) is 13.0 Å². The summed E-state index contributed by atoms with van der Waals surface area (Å²) in [7, 11) is 0. The highest BCUT2D eigenvalue weighted by atomic mass is 16.2. The van der Waals surface area contributed by atoms with E-state index in [1.807, 2.05) is 4.90 Å².